The van der Waals surface area contributed by atoms with Gasteiger partial charge in [-0.05, 0) is 26.7 Å². The van der Waals surface area contributed by atoms with Crippen LogP contribution in [-0.2, 0) is 26.6 Å². The summed E-state index contributed by atoms with van der Waals surface area (Å²) >= 11 is 0. The van der Waals surface area contributed by atoms with Crippen LogP contribution in [0.1, 0.15) is 24.2 Å². The van der Waals surface area contributed by atoms with Gasteiger partial charge in [0.15, 0.2) is 0 Å². The average Bonchev–Trinajstić information content (AvgIpc) is 3.08. The van der Waals surface area contributed by atoms with Gasteiger partial charge in [-0.15, -0.1) is 0 Å². The molecule has 8 nitrogen and oxygen atoms in total. The number of hydrogen-bond acceptors (Lipinski definition) is 5. The largest absolute Gasteiger partial charge is 0.381 e. The number of aromatic nitrogens is 2. The predicted molar refractivity (Wildman–Crippen MR) is 91.6 cm³/mol. The predicted octanol–water partition coefficient (Wildman–Crippen LogP) is 0.296. The first-order chi connectivity index (χ1) is 11.8. The Hall–Kier alpha value is -1.45. The molecule has 0 bridgehead atoms. The van der Waals surface area contributed by atoms with E-state index in [0.717, 1.165) is 6.42 Å². The van der Waals surface area contributed by atoms with Gasteiger partial charge in [-0.1, -0.05) is 0 Å². The Morgan fingerprint density at radius 1 is 1.20 bits per heavy atom. The minimum atomic E-state index is -3.61. The fourth-order valence-corrected chi connectivity index (χ4v) is 5.47. The van der Waals surface area contributed by atoms with Crippen molar-refractivity contribution >= 4 is 15.9 Å². The lowest BCUT2D eigenvalue weighted by Crippen LogP contribution is -2.40. The van der Waals surface area contributed by atoms with Gasteiger partial charge in [-0.25, -0.2) is 8.42 Å². The molecule has 0 radical (unpaired) electrons. The molecule has 2 aliphatic heterocycles. The van der Waals surface area contributed by atoms with Crippen LogP contribution in [0.4, 0.5) is 0 Å². The van der Waals surface area contributed by atoms with Crippen molar-refractivity contribution in [2.24, 2.45) is 13.0 Å². The summed E-state index contributed by atoms with van der Waals surface area (Å²) in [4.78, 5) is 14.6. The van der Waals surface area contributed by atoms with Crippen molar-refractivity contribution < 1.29 is 17.9 Å². The lowest BCUT2D eigenvalue weighted by molar-refractivity contribution is -0.135. The summed E-state index contributed by atoms with van der Waals surface area (Å²) in [6.45, 7) is 6.33. The Balaban J connectivity index is 1.75. The Kier molecular flexibility index (Phi) is 5.17. The molecule has 9 heteroatoms. The highest BCUT2D eigenvalue weighted by Crippen LogP contribution is 2.24. The van der Waals surface area contributed by atoms with E-state index in [2.05, 4.69) is 5.10 Å². The molecule has 1 amide bonds. The first-order valence-electron chi connectivity index (χ1n) is 8.69. The molecule has 3 rings (SSSR count). The van der Waals surface area contributed by atoms with Crippen molar-refractivity contribution in [3.05, 3.63) is 11.4 Å². The molecule has 0 unspecified atom stereocenters. The molecule has 1 aromatic rings. The van der Waals surface area contributed by atoms with Gasteiger partial charge in [0, 0.05) is 39.8 Å². The van der Waals surface area contributed by atoms with Gasteiger partial charge >= 0.3 is 0 Å². The number of hydrogen-bond donors (Lipinski definition) is 0. The van der Waals surface area contributed by atoms with Gasteiger partial charge in [0.05, 0.1) is 23.9 Å². The molecular formula is C16H26N4O4S. The minimum absolute atomic E-state index is 0.0778. The third-order valence-corrected chi connectivity index (χ3v) is 7.24. The summed E-state index contributed by atoms with van der Waals surface area (Å²) in [5, 5.41) is 4.22. The van der Waals surface area contributed by atoms with Gasteiger partial charge in [0.25, 0.3) is 0 Å². The van der Waals surface area contributed by atoms with Gasteiger partial charge < -0.3 is 9.64 Å². The van der Waals surface area contributed by atoms with E-state index >= 15 is 0 Å². The SMILES string of the molecule is Cc1nn(C)c(C)c1S(=O)(=O)N1CCCN(C(=O)[C@@H]2CCOC2)CC1. The quantitative estimate of drug-likeness (QED) is 0.764. The average molecular weight is 370 g/mol. The molecule has 0 saturated carbocycles. The zero-order chi connectivity index (χ0) is 18.2. The molecule has 2 aliphatic rings. The Morgan fingerprint density at radius 2 is 1.96 bits per heavy atom. The topological polar surface area (TPSA) is 84.7 Å². The Labute approximate surface area is 148 Å². The zero-order valence-corrected chi connectivity index (χ0v) is 15.9. The lowest BCUT2D eigenvalue weighted by Gasteiger charge is -2.24. The Bertz CT molecular complexity index is 752. The number of ether oxygens (including phenoxy) is 1. The molecular weight excluding hydrogens is 344 g/mol. The second-order valence-electron chi connectivity index (χ2n) is 6.77. The standard InChI is InChI=1S/C16H26N4O4S/c1-12-15(13(2)18(3)17-12)25(22,23)20-7-4-6-19(8-9-20)16(21)14-5-10-24-11-14/h14H,4-11H2,1-3H3/t14-/m1/s1. The van der Waals surface area contributed by atoms with E-state index in [-0.39, 0.29) is 11.8 Å². The number of aryl methyl sites for hydroxylation is 2. The van der Waals surface area contributed by atoms with Crippen LogP contribution in [0.15, 0.2) is 4.90 Å². The number of carbonyl (C=O) groups is 1. The normalized spacial score (nSPS) is 23.0. The van der Waals surface area contributed by atoms with E-state index in [1.165, 1.54) is 4.31 Å². The van der Waals surface area contributed by atoms with Crippen LogP contribution in [0, 0.1) is 19.8 Å². The highest BCUT2D eigenvalue weighted by Gasteiger charge is 2.34. The maximum atomic E-state index is 13.1. The van der Waals surface area contributed by atoms with Crippen LogP contribution < -0.4 is 0 Å². The fraction of sp³-hybridized carbons (Fsp3) is 0.750. The molecule has 2 saturated heterocycles. The van der Waals surface area contributed by atoms with E-state index in [1.807, 2.05) is 0 Å². The molecule has 1 atom stereocenters. The summed E-state index contributed by atoms with van der Waals surface area (Å²) in [6.07, 6.45) is 1.39. The van der Waals surface area contributed by atoms with Crippen LogP contribution >= 0.6 is 0 Å². The van der Waals surface area contributed by atoms with Crippen molar-refractivity contribution in [1.29, 1.82) is 0 Å². The molecule has 25 heavy (non-hydrogen) atoms. The maximum Gasteiger partial charge on any atom is 0.246 e. The van der Waals surface area contributed by atoms with Gasteiger partial charge in [0.2, 0.25) is 15.9 Å². The first-order valence-corrected chi connectivity index (χ1v) is 10.1. The number of amides is 1. The van der Waals surface area contributed by atoms with Crippen molar-refractivity contribution in [2.75, 3.05) is 39.4 Å². The van der Waals surface area contributed by atoms with E-state index in [1.54, 1.807) is 30.5 Å². The molecule has 140 valence electrons. The molecule has 2 fully saturated rings. The lowest BCUT2D eigenvalue weighted by atomic mass is 10.1. The van der Waals surface area contributed by atoms with Crippen LogP contribution in [0.25, 0.3) is 0 Å². The molecule has 1 aromatic heterocycles. The van der Waals surface area contributed by atoms with Crippen LogP contribution in [0.3, 0.4) is 0 Å². The van der Waals surface area contributed by atoms with Gasteiger partial charge in [0.1, 0.15) is 4.90 Å². The van der Waals surface area contributed by atoms with E-state index in [0.29, 0.717) is 62.1 Å². The van der Waals surface area contributed by atoms with Crippen molar-refractivity contribution in [2.45, 2.75) is 31.6 Å². The Morgan fingerprint density at radius 3 is 2.56 bits per heavy atom. The fourth-order valence-electron chi connectivity index (χ4n) is 3.60. The molecule has 3 heterocycles. The third-order valence-electron chi connectivity index (χ3n) is 5.09. The number of rotatable bonds is 3. The van der Waals surface area contributed by atoms with Crippen molar-refractivity contribution in [3.63, 3.8) is 0 Å². The second-order valence-corrected chi connectivity index (χ2v) is 8.64. The monoisotopic (exact) mass is 370 g/mol. The van der Waals surface area contributed by atoms with E-state index < -0.39 is 10.0 Å². The number of sulfonamides is 1. The minimum Gasteiger partial charge on any atom is -0.381 e. The summed E-state index contributed by atoms with van der Waals surface area (Å²) in [6, 6.07) is 0. The maximum absolute atomic E-state index is 13.1. The second kappa shape index (κ2) is 7.05. The third kappa shape index (κ3) is 3.45. The summed E-state index contributed by atoms with van der Waals surface area (Å²) in [5.41, 5.74) is 1.15. The van der Waals surface area contributed by atoms with Crippen molar-refractivity contribution in [3.8, 4) is 0 Å². The van der Waals surface area contributed by atoms with Crippen LogP contribution in [-0.4, -0.2) is 72.7 Å². The van der Waals surface area contributed by atoms with E-state index in [9.17, 15) is 13.2 Å². The summed E-state index contributed by atoms with van der Waals surface area (Å²) in [7, 11) is -1.86. The molecule has 0 N–H and O–H groups in total. The van der Waals surface area contributed by atoms with Gasteiger partial charge in [-0.3, -0.25) is 9.48 Å². The highest BCUT2D eigenvalue weighted by atomic mass is 32.2. The molecule has 0 aliphatic carbocycles. The smallest absolute Gasteiger partial charge is 0.246 e. The summed E-state index contributed by atoms with van der Waals surface area (Å²) in [5.74, 6) is 0.0106. The molecule has 0 aromatic carbocycles. The van der Waals surface area contributed by atoms with E-state index in [4.69, 9.17) is 4.74 Å². The number of carbonyl (C=O) groups excluding carboxylic acids is 1. The number of nitrogens with zero attached hydrogens (tertiary/aromatic N) is 4. The first kappa shape index (κ1) is 18.3. The highest BCUT2D eigenvalue weighted by molar-refractivity contribution is 7.89. The van der Waals surface area contributed by atoms with Gasteiger partial charge in [-0.2, -0.15) is 9.40 Å². The zero-order valence-electron chi connectivity index (χ0n) is 15.1. The summed E-state index contributed by atoms with van der Waals surface area (Å²) < 4.78 is 34.5. The van der Waals surface area contributed by atoms with Crippen molar-refractivity contribution in [1.82, 2.24) is 19.0 Å². The van der Waals surface area contributed by atoms with Crippen LogP contribution in [0.2, 0.25) is 0 Å². The van der Waals surface area contributed by atoms with Crippen LogP contribution in [0.5, 0.6) is 0 Å². The molecule has 0 spiro atoms.